The molecule has 35 heavy (non-hydrogen) atoms. The van der Waals surface area contributed by atoms with Gasteiger partial charge in [-0.2, -0.15) is 5.10 Å². The van der Waals surface area contributed by atoms with Gasteiger partial charge in [-0.25, -0.2) is 0 Å². The van der Waals surface area contributed by atoms with Gasteiger partial charge >= 0.3 is 0 Å². The molecule has 0 aliphatic carbocycles. The van der Waals surface area contributed by atoms with Crippen LogP contribution < -0.4 is 10.2 Å². The van der Waals surface area contributed by atoms with Gasteiger partial charge in [-0.3, -0.25) is 19.2 Å². The van der Waals surface area contributed by atoms with Crippen LogP contribution in [0.2, 0.25) is 5.02 Å². The number of nitrogens with one attached hydrogen (secondary N) is 1. The van der Waals surface area contributed by atoms with E-state index in [1.807, 2.05) is 50.2 Å². The summed E-state index contributed by atoms with van der Waals surface area (Å²) in [7, 11) is 0. The topological polar surface area (TPSA) is 80.4 Å². The third-order valence-corrected chi connectivity index (χ3v) is 6.77. The fourth-order valence-electron chi connectivity index (χ4n) is 4.45. The van der Waals surface area contributed by atoms with Gasteiger partial charge in [-0.05, 0) is 56.2 Å². The molecule has 0 radical (unpaired) electrons. The molecule has 4 aromatic rings. The second-order valence-corrected chi connectivity index (χ2v) is 9.48. The van der Waals surface area contributed by atoms with Crippen LogP contribution in [0.15, 0.2) is 71.3 Å². The van der Waals surface area contributed by atoms with Gasteiger partial charge in [0.25, 0.3) is 5.91 Å². The fourth-order valence-corrected chi connectivity index (χ4v) is 4.62. The van der Waals surface area contributed by atoms with E-state index in [1.165, 1.54) is 4.90 Å². The molecule has 5 rings (SSSR count). The molecule has 0 bridgehead atoms. The molecule has 0 spiro atoms. The monoisotopic (exact) mass is 488 g/mol. The number of amides is 2. The standard InChI is InChI=1S/C27H25ClN4O3/c1-17-6-4-7-19(12-17)15-29-26(34)27(3)16-31-23(14-22(30-31)24-8-5-11-35-24)25(33)32(27)20-10-9-18(2)21(28)13-20/h4-14H,15-16H2,1-3H3,(H,29,34)/t27-/m0/s1. The summed E-state index contributed by atoms with van der Waals surface area (Å²) in [5.41, 5.74) is 3.18. The van der Waals surface area contributed by atoms with Crippen molar-refractivity contribution < 1.29 is 14.0 Å². The van der Waals surface area contributed by atoms with Crippen molar-refractivity contribution >= 4 is 29.1 Å². The third-order valence-electron chi connectivity index (χ3n) is 6.37. The molecule has 0 fully saturated rings. The van der Waals surface area contributed by atoms with Crippen LogP contribution >= 0.6 is 11.6 Å². The number of rotatable bonds is 5. The molecule has 0 saturated carbocycles. The third kappa shape index (κ3) is 4.12. The number of benzene rings is 2. The molecule has 0 saturated heterocycles. The minimum Gasteiger partial charge on any atom is -0.463 e. The lowest BCUT2D eigenvalue weighted by molar-refractivity contribution is -0.126. The Hall–Kier alpha value is -3.84. The maximum absolute atomic E-state index is 13.8. The normalized spacial score (nSPS) is 17.4. The van der Waals surface area contributed by atoms with Crippen LogP contribution in [0.5, 0.6) is 0 Å². The lowest BCUT2D eigenvalue weighted by Gasteiger charge is -2.43. The summed E-state index contributed by atoms with van der Waals surface area (Å²) >= 11 is 6.41. The van der Waals surface area contributed by atoms with Crippen LogP contribution in [0, 0.1) is 13.8 Å². The van der Waals surface area contributed by atoms with Crippen molar-refractivity contribution in [2.45, 2.75) is 39.4 Å². The highest BCUT2D eigenvalue weighted by molar-refractivity contribution is 6.31. The lowest BCUT2D eigenvalue weighted by Crippen LogP contribution is -2.64. The number of anilines is 1. The van der Waals surface area contributed by atoms with E-state index < -0.39 is 5.54 Å². The number of hydrogen-bond donors (Lipinski definition) is 1. The van der Waals surface area contributed by atoms with E-state index in [0.29, 0.717) is 34.4 Å². The molecule has 2 amide bonds. The predicted molar refractivity (Wildman–Crippen MR) is 134 cm³/mol. The Morgan fingerprint density at radius 2 is 1.97 bits per heavy atom. The largest absolute Gasteiger partial charge is 0.463 e. The maximum Gasteiger partial charge on any atom is 0.277 e. The van der Waals surface area contributed by atoms with E-state index >= 15 is 0 Å². The number of aryl methyl sites for hydroxylation is 2. The Bertz CT molecular complexity index is 1430. The second kappa shape index (κ2) is 8.74. The molecule has 8 heteroatoms. The van der Waals surface area contributed by atoms with Gasteiger partial charge < -0.3 is 9.73 Å². The zero-order valence-corrected chi connectivity index (χ0v) is 20.5. The smallest absolute Gasteiger partial charge is 0.277 e. The Kier molecular flexibility index (Phi) is 5.73. The van der Waals surface area contributed by atoms with Gasteiger partial charge in [-0.15, -0.1) is 0 Å². The van der Waals surface area contributed by atoms with Crippen molar-refractivity contribution in [3.63, 3.8) is 0 Å². The number of carbonyl (C=O) groups is 2. The maximum atomic E-state index is 13.8. The Labute approximate surface area is 208 Å². The Morgan fingerprint density at radius 1 is 1.14 bits per heavy atom. The summed E-state index contributed by atoms with van der Waals surface area (Å²) in [4.78, 5) is 29.1. The highest BCUT2D eigenvalue weighted by Gasteiger charge is 2.49. The molecule has 2 aromatic heterocycles. The van der Waals surface area contributed by atoms with E-state index in [2.05, 4.69) is 10.4 Å². The van der Waals surface area contributed by atoms with Crippen molar-refractivity contribution in [1.82, 2.24) is 15.1 Å². The zero-order chi connectivity index (χ0) is 24.7. The molecule has 2 aromatic carbocycles. The molecule has 1 aliphatic heterocycles. The number of fused-ring (bicyclic) bond motifs is 1. The van der Waals surface area contributed by atoms with Gasteiger partial charge in [0, 0.05) is 23.3 Å². The molecule has 178 valence electrons. The minimum absolute atomic E-state index is 0.167. The number of halogens is 1. The molecule has 3 heterocycles. The molecule has 7 nitrogen and oxygen atoms in total. The summed E-state index contributed by atoms with van der Waals surface area (Å²) in [6.45, 7) is 6.16. The van der Waals surface area contributed by atoms with E-state index in [1.54, 1.807) is 42.1 Å². The predicted octanol–water partition coefficient (Wildman–Crippen LogP) is 5.15. The van der Waals surface area contributed by atoms with Gasteiger partial charge in [0.1, 0.15) is 16.9 Å². The Morgan fingerprint density at radius 3 is 2.69 bits per heavy atom. The van der Waals surface area contributed by atoms with Gasteiger partial charge in [0.05, 0.1) is 12.8 Å². The second-order valence-electron chi connectivity index (χ2n) is 9.07. The van der Waals surface area contributed by atoms with Crippen LogP contribution in [0.25, 0.3) is 11.5 Å². The quantitative estimate of drug-likeness (QED) is 0.421. The average molecular weight is 489 g/mol. The number of carbonyl (C=O) groups excluding carboxylic acids is 2. The zero-order valence-electron chi connectivity index (χ0n) is 19.7. The van der Waals surface area contributed by atoms with Gasteiger partial charge in [0.15, 0.2) is 5.76 Å². The minimum atomic E-state index is -1.25. The first-order valence-corrected chi connectivity index (χ1v) is 11.7. The number of aromatic nitrogens is 2. The van der Waals surface area contributed by atoms with E-state index in [9.17, 15) is 9.59 Å². The molecular weight excluding hydrogens is 464 g/mol. The van der Waals surface area contributed by atoms with Crippen molar-refractivity contribution in [3.8, 4) is 11.5 Å². The van der Waals surface area contributed by atoms with Crippen molar-refractivity contribution in [1.29, 1.82) is 0 Å². The van der Waals surface area contributed by atoms with Crippen LogP contribution in [-0.4, -0.2) is 27.1 Å². The van der Waals surface area contributed by atoms with Gasteiger partial charge in [-0.1, -0.05) is 47.5 Å². The Balaban J connectivity index is 1.55. The first-order chi connectivity index (χ1) is 16.8. The number of hydrogen-bond acceptors (Lipinski definition) is 4. The first-order valence-electron chi connectivity index (χ1n) is 11.3. The highest BCUT2D eigenvalue weighted by atomic mass is 35.5. The fraction of sp³-hybridized carbons (Fsp3) is 0.222. The summed E-state index contributed by atoms with van der Waals surface area (Å²) in [6.07, 6.45) is 1.55. The number of nitrogens with zero attached hydrogens (tertiary/aromatic N) is 3. The van der Waals surface area contributed by atoms with Crippen LogP contribution in [0.3, 0.4) is 0 Å². The molecule has 1 aliphatic rings. The number of furan rings is 1. The van der Waals surface area contributed by atoms with E-state index in [4.69, 9.17) is 16.0 Å². The molecular formula is C27H25ClN4O3. The average Bonchev–Trinajstić information content (AvgIpc) is 3.50. The van der Waals surface area contributed by atoms with Gasteiger partial charge in [0.2, 0.25) is 5.91 Å². The lowest BCUT2D eigenvalue weighted by atomic mass is 9.93. The highest BCUT2D eigenvalue weighted by Crippen LogP contribution is 2.36. The van der Waals surface area contributed by atoms with Crippen LogP contribution in [-0.2, 0) is 17.9 Å². The summed E-state index contributed by atoms with van der Waals surface area (Å²) in [5, 5.41) is 8.12. The summed E-state index contributed by atoms with van der Waals surface area (Å²) in [5.74, 6) is -0.0744. The molecule has 1 atom stereocenters. The van der Waals surface area contributed by atoms with Crippen LogP contribution in [0.1, 0.15) is 34.1 Å². The van der Waals surface area contributed by atoms with E-state index in [-0.39, 0.29) is 18.4 Å². The summed E-state index contributed by atoms with van der Waals surface area (Å²) < 4.78 is 7.05. The molecule has 0 unspecified atom stereocenters. The van der Waals surface area contributed by atoms with Crippen LogP contribution in [0.4, 0.5) is 5.69 Å². The van der Waals surface area contributed by atoms with E-state index in [0.717, 1.165) is 16.7 Å². The van der Waals surface area contributed by atoms with Crippen molar-refractivity contribution in [3.05, 3.63) is 94.3 Å². The molecule has 1 N–H and O–H groups in total. The van der Waals surface area contributed by atoms with Crippen molar-refractivity contribution in [2.24, 2.45) is 0 Å². The SMILES string of the molecule is Cc1cccc(CNC(=O)[C@]2(C)Cn3nc(-c4ccco4)cc3C(=O)N2c2ccc(C)c(Cl)c2)c1. The first kappa shape index (κ1) is 22.9. The van der Waals surface area contributed by atoms with Crippen molar-refractivity contribution in [2.75, 3.05) is 4.90 Å². The summed E-state index contributed by atoms with van der Waals surface area (Å²) in [6, 6.07) is 18.5.